The Morgan fingerprint density at radius 2 is 1.63 bits per heavy atom. The molecule has 0 saturated heterocycles. The van der Waals surface area contributed by atoms with Crippen molar-refractivity contribution in [2.75, 3.05) is 15.8 Å². The summed E-state index contributed by atoms with van der Waals surface area (Å²) >= 11 is 2.04. The van der Waals surface area contributed by atoms with Crippen LogP contribution in [-0.2, 0) is 14.8 Å². The number of sulfonamides is 1. The zero-order valence-corrected chi connectivity index (χ0v) is 17.2. The number of anilines is 2. The number of thiophene rings is 1. The molecule has 30 heavy (non-hydrogen) atoms. The quantitative estimate of drug-likeness (QED) is 0.291. The van der Waals surface area contributed by atoms with Gasteiger partial charge in [-0.05, 0) is 35.7 Å². The fourth-order valence-corrected chi connectivity index (χ4v) is 5.00. The molecule has 3 aromatic rings. The van der Waals surface area contributed by atoms with E-state index in [9.17, 15) is 30.8 Å². The van der Waals surface area contributed by atoms with E-state index in [4.69, 9.17) is 0 Å². The van der Waals surface area contributed by atoms with Gasteiger partial charge < -0.3 is 5.32 Å². The highest BCUT2D eigenvalue weighted by Gasteiger charge is 2.21. The molecule has 0 saturated carbocycles. The van der Waals surface area contributed by atoms with E-state index < -0.39 is 44.9 Å². The first-order valence-corrected chi connectivity index (χ1v) is 11.4. The molecule has 0 aliphatic heterocycles. The molecule has 0 aliphatic rings. The zero-order valence-electron chi connectivity index (χ0n) is 14.8. The summed E-state index contributed by atoms with van der Waals surface area (Å²) in [6.45, 7) is 0. The molecule has 0 atom stereocenters. The Hall–Kier alpha value is -2.57. The van der Waals surface area contributed by atoms with Crippen molar-refractivity contribution < 1.29 is 30.8 Å². The molecule has 5 nitrogen and oxygen atoms in total. The molecule has 158 valence electrons. The van der Waals surface area contributed by atoms with Crippen LogP contribution in [-0.4, -0.2) is 20.1 Å². The lowest BCUT2D eigenvalue weighted by Crippen LogP contribution is -2.17. The number of hydrogen-bond donors (Lipinski definition) is 2. The van der Waals surface area contributed by atoms with Crippen LogP contribution in [0.25, 0.3) is 0 Å². The van der Waals surface area contributed by atoms with E-state index in [1.807, 2.05) is 5.32 Å². The van der Waals surface area contributed by atoms with Gasteiger partial charge in [0.2, 0.25) is 5.91 Å². The minimum absolute atomic E-state index is 0.0450. The lowest BCUT2D eigenvalue weighted by molar-refractivity contribution is -0.113. The normalized spacial score (nSPS) is 11.3. The van der Waals surface area contributed by atoms with Crippen molar-refractivity contribution in [3.05, 3.63) is 71.1 Å². The van der Waals surface area contributed by atoms with Crippen LogP contribution in [0.2, 0.25) is 0 Å². The smallest absolute Gasteiger partial charge is 0.271 e. The van der Waals surface area contributed by atoms with Crippen LogP contribution in [0.3, 0.4) is 0 Å². The predicted molar refractivity (Wildman–Crippen MR) is 107 cm³/mol. The van der Waals surface area contributed by atoms with Crippen LogP contribution in [0.15, 0.2) is 56.9 Å². The molecule has 3 rings (SSSR count). The first kappa shape index (κ1) is 22.1. The number of rotatable bonds is 7. The number of carbonyl (C=O) groups is 1. The van der Waals surface area contributed by atoms with Crippen molar-refractivity contribution in [1.82, 2.24) is 0 Å². The van der Waals surface area contributed by atoms with E-state index >= 15 is 0 Å². The van der Waals surface area contributed by atoms with Crippen molar-refractivity contribution in [1.29, 1.82) is 0 Å². The second kappa shape index (κ2) is 9.06. The van der Waals surface area contributed by atoms with Gasteiger partial charge >= 0.3 is 0 Å². The molecular weight excluding hydrogens is 464 g/mol. The maximum Gasteiger partial charge on any atom is 0.271 e. The minimum atomic E-state index is -3.69. The van der Waals surface area contributed by atoms with Crippen LogP contribution in [0.5, 0.6) is 0 Å². The van der Waals surface area contributed by atoms with E-state index in [0.29, 0.717) is 10.6 Å². The molecule has 1 aromatic heterocycles. The van der Waals surface area contributed by atoms with Crippen LogP contribution in [0, 0.1) is 23.3 Å². The van der Waals surface area contributed by atoms with E-state index in [1.54, 1.807) is 11.4 Å². The van der Waals surface area contributed by atoms with E-state index in [-0.39, 0.29) is 16.0 Å². The van der Waals surface area contributed by atoms with Gasteiger partial charge in [0.25, 0.3) is 10.0 Å². The standard InChI is InChI=1S/C18H12F4N2O3S3/c19-12-8-13(20)17(22)18(16(12)21)23-14(25)9-29-11-5-3-10(4-6-11)24-30(26,27)15-2-1-7-28-15/h1-8,24H,9H2,(H,23,25). The average molecular weight is 476 g/mol. The molecule has 12 heteroatoms. The lowest BCUT2D eigenvalue weighted by Gasteiger charge is -2.09. The summed E-state index contributed by atoms with van der Waals surface area (Å²) in [4.78, 5) is 12.4. The fraction of sp³-hybridized carbons (Fsp3) is 0.0556. The number of thioether (sulfide) groups is 1. The number of hydrogen-bond acceptors (Lipinski definition) is 5. The Kier molecular flexibility index (Phi) is 6.68. The van der Waals surface area contributed by atoms with Crippen LogP contribution < -0.4 is 10.0 Å². The van der Waals surface area contributed by atoms with Gasteiger partial charge in [0.1, 0.15) is 9.90 Å². The molecule has 2 aromatic carbocycles. The predicted octanol–water partition coefficient (Wildman–Crippen LogP) is 4.84. The fourth-order valence-electron chi connectivity index (χ4n) is 2.25. The van der Waals surface area contributed by atoms with E-state index in [0.717, 1.165) is 23.1 Å². The summed E-state index contributed by atoms with van der Waals surface area (Å²) in [5, 5.41) is 3.44. The van der Waals surface area contributed by atoms with E-state index in [1.165, 1.54) is 30.3 Å². The van der Waals surface area contributed by atoms with Crippen molar-refractivity contribution in [3.63, 3.8) is 0 Å². The van der Waals surface area contributed by atoms with Gasteiger partial charge in [-0.15, -0.1) is 23.1 Å². The summed E-state index contributed by atoms with van der Waals surface area (Å²) in [6, 6.07) is 9.15. The SMILES string of the molecule is O=C(CSc1ccc(NS(=O)(=O)c2cccs2)cc1)Nc1c(F)c(F)cc(F)c1F. The lowest BCUT2D eigenvalue weighted by atomic mass is 10.2. The van der Waals surface area contributed by atoms with Gasteiger partial charge in [0.05, 0.1) is 5.75 Å². The van der Waals surface area contributed by atoms with Crippen molar-refractivity contribution >= 4 is 50.4 Å². The Balaban J connectivity index is 1.60. The summed E-state index contributed by atoms with van der Waals surface area (Å²) in [5.41, 5.74) is -0.895. The molecule has 0 aliphatic carbocycles. The van der Waals surface area contributed by atoms with Gasteiger partial charge in [-0.3, -0.25) is 9.52 Å². The second-order valence-electron chi connectivity index (χ2n) is 5.74. The summed E-state index contributed by atoms with van der Waals surface area (Å²) in [5.74, 6) is -7.85. The highest BCUT2D eigenvalue weighted by Crippen LogP contribution is 2.26. The van der Waals surface area contributed by atoms with Crippen molar-refractivity contribution in [3.8, 4) is 0 Å². The van der Waals surface area contributed by atoms with Gasteiger partial charge in [-0.2, -0.15) is 0 Å². The van der Waals surface area contributed by atoms with E-state index in [2.05, 4.69) is 4.72 Å². The Labute approximate surface area is 177 Å². The Morgan fingerprint density at radius 1 is 1.00 bits per heavy atom. The Morgan fingerprint density at radius 3 is 2.20 bits per heavy atom. The topological polar surface area (TPSA) is 75.3 Å². The maximum absolute atomic E-state index is 13.6. The number of nitrogens with one attached hydrogen (secondary N) is 2. The van der Waals surface area contributed by atoms with Crippen molar-refractivity contribution in [2.45, 2.75) is 9.10 Å². The van der Waals surface area contributed by atoms with Crippen LogP contribution in [0.4, 0.5) is 28.9 Å². The third-order valence-electron chi connectivity index (χ3n) is 3.61. The molecular formula is C18H12F4N2O3S3. The molecule has 1 heterocycles. The molecule has 0 fully saturated rings. The number of carbonyl (C=O) groups excluding carboxylic acids is 1. The number of amides is 1. The largest absolute Gasteiger partial charge is 0.320 e. The molecule has 2 N–H and O–H groups in total. The zero-order chi connectivity index (χ0) is 21.9. The van der Waals surface area contributed by atoms with Gasteiger partial charge in [-0.1, -0.05) is 6.07 Å². The molecule has 0 unspecified atom stereocenters. The average Bonchev–Trinajstić information content (AvgIpc) is 3.25. The third-order valence-corrected chi connectivity index (χ3v) is 7.40. The summed E-state index contributed by atoms with van der Waals surface area (Å²) in [7, 11) is -3.69. The van der Waals surface area contributed by atoms with Crippen LogP contribution >= 0.6 is 23.1 Å². The first-order chi connectivity index (χ1) is 14.2. The first-order valence-electron chi connectivity index (χ1n) is 8.09. The molecule has 0 bridgehead atoms. The highest BCUT2D eigenvalue weighted by atomic mass is 32.2. The van der Waals surface area contributed by atoms with Gasteiger partial charge in [-0.25, -0.2) is 26.0 Å². The van der Waals surface area contributed by atoms with Gasteiger partial charge in [0, 0.05) is 16.6 Å². The Bertz CT molecular complexity index is 1140. The monoisotopic (exact) mass is 476 g/mol. The van der Waals surface area contributed by atoms with Crippen LogP contribution in [0.1, 0.15) is 0 Å². The van der Waals surface area contributed by atoms with Gasteiger partial charge in [0.15, 0.2) is 23.3 Å². The number of halogens is 4. The summed E-state index contributed by atoms with van der Waals surface area (Å²) in [6.07, 6.45) is 0. The molecule has 0 spiro atoms. The highest BCUT2D eigenvalue weighted by molar-refractivity contribution is 8.00. The van der Waals surface area contributed by atoms with Crippen molar-refractivity contribution in [2.24, 2.45) is 0 Å². The molecule has 1 amide bonds. The second-order valence-corrected chi connectivity index (χ2v) is 9.65. The maximum atomic E-state index is 13.6. The summed E-state index contributed by atoms with van der Waals surface area (Å²) < 4.78 is 80.4. The third kappa shape index (κ3) is 5.12. The minimum Gasteiger partial charge on any atom is -0.320 e. The molecule has 0 radical (unpaired) electrons. The number of benzene rings is 2.